The van der Waals surface area contributed by atoms with E-state index in [0.29, 0.717) is 0 Å². The van der Waals surface area contributed by atoms with E-state index in [9.17, 15) is 0 Å². The predicted octanol–water partition coefficient (Wildman–Crippen LogP) is 15.1. The fourth-order valence-corrected chi connectivity index (χ4v) is 8.30. The van der Waals surface area contributed by atoms with Crippen LogP contribution in [0.1, 0.15) is 0 Å². The summed E-state index contributed by atoms with van der Waals surface area (Å²) in [6.07, 6.45) is 0. The van der Waals surface area contributed by atoms with Crippen molar-refractivity contribution in [1.29, 1.82) is 0 Å². The van der Waals surface area contributed by atoms with E-state index < -0.39 is 0 Å². The van der Waals surface area contributed by atoms with Crippen molar-refractivity contribution in [2.24, 2.45) is 0 Å². The Labute approximate surface area is 317 Å². The smallest absolute Gasteiger partial charge is 0.143 e. The maximum absolute atomic E-state index is 6.87. The van der Waals surface area contributed by atoms with Crippen LogP contribution >= 0.6 is 0 Å². The fourth-order valence-electron chi connectivity index (χ4n) is 8.30. The molecule has 0 aliphatic carbocycles. The molecule has 0 bridgehead atoms. The van der Waals surface area contributed by atoms with Crippen molar-refractivity contribution in [3.63, 3.8) is 0 Å². The van der Waals surface area contributed by atoms with Gasteiger partial charge in [-0.3, -0.25) is 0 Å². The molecule has 2 aromatic heterocycles. The molecule has 0 aliphatic heterocycles. The summed E-state index contributed by atoms with van der Waals surface area (Å²) in [4.78, 5) is 2.34. The molecule has 0 atom stereocenters. The minimum atomic E-state index is 0.862. The minimum absolute atomic E-state index is 0.862. The molecular weight excluding hydrogens is 671 g/mol. The van der Waals surface area contributed by atoms with Crippen LogP contribution in [0.5, 0.6) is 0 Å². The van der Waals surface area contributed by atoms with E-state index >= 15 is 0 Å². The molecule has 11 rings (SSSR count). The molecule has 55 heavy (non-hydrogen) atoms. The van der Waals surface area contributed by atoms with Crippen LogP contribution < -0.4 is 4.90 Å². The van der Waals surface area contributed by atoms with Gasteiger partial charge in [0.1, 0.15) is 22.3 Å². The van der Waals surface area contributed by atoms with Crippen LogP contribution in [0, 0.1) is 0 Å². The van der Waals surface area contributed by atoms with Crippen LogP contribution in [-0.2, 0) is 0 Å². The van der Waals surface area contributed by atoms with Gasteiger partial charge in [0.05, 0.1) is 11.1 Å². The van der Waals surface area contributed by atoms with Crippen molar-refractivity contribution in [1.82, 2.24) is 0 Å². The van der Waals surface area contributed by atoms with Gasteiger partial charge in [0.2, 0.25) is 0 Å². The Kier molecular flexibility index (Phi) is 7.17. The number of furan rings is 2. The molecule has 0 saturated carbocycles. The SMILES string of the molecule is c1ccc(-c2ccc(N(c3ccc(-c4cccc5c4oc4c6ccccc6c(-c6ccccc6)cc54)cc3)c3cccc4oc5ccccc5c34)cc2)cc1. The molecule has 0 unspecified atom stereocenters. The summed E-state index contributed by atoms with van der Waals surface area (Å²) in [7, 11) is 0. The Morgan fingerprint density at radius 1 is 0.309 bits per heavy atom. The lowest BCUT2D eigenvalue weighted by molar-refractivity contribution is 0.669. The molecule has 2 heterocycles. The van der Waals surface area contributed by atoms with Gasteiger partial charge in [-0.25, -0.2) is 0 Å². The molecule has 9 aromatic carbocycles. The highest BCUT2D eigenvalue weighted by Gasteiger charge is 2.21. The van der Waals surface area contributed by atoms with Crippen molar-refractivity contribution in [2.75, 3.05) is 4.90 Å². The summed E-state index contributed by atoms with van der Waals surface area (Å²) in [5, 5.41) is 6.71. The van der Waals surface area contributed by atoms with Crippen LogP contribution in [0.4, 0.5) is 17.1 Å². The Morgan fingerprint density at radius 3 is 1.58 bits per heavy atom. The van der Waals surface area contributed by atoms with E-state index in [1.807, 2.05) is 12.1 Å². The fraction of sp³-hybridized carbons (Fsp3) is 0. The second-order valence-corrected chi connectivity index (χ2v) is 14.0. The number of para-hydroxylation sites is 2. The topological polar surface area (TPSA) is 29.5 Å². The second-order valence-electron chi connectivity index (χ2n) is 14.0. The van der Waals surface area contributed by atoms with E-state index in [0.717, 1.165) is 77.5 Å². The van der Waals surface area contributed by atoms with E-state index in [1.165, 1.54) is 27.6 Å². The van der Waals surface area contributed by atoms with Gasteiger partial charge < -0.3 is 13.7 Å². The number of fused-ring (bicyclic) bond motifs is 8. The Morgan fingerprint density at radius 2 is 0.836 bits per heavy atom. The largest absolute Gasteiger partial charge is 0.456 e. The molecule has 0 amide bonds. The summed E-state index contributed by atoms with van der Waals surface area (Å²) < 4.78 is 13.2. The number of hydrogen-bond acceptors (Lipinski definition) is 3. The lowest BCUT2D eigenvalue weighted by Crippen LogP contribution is -2.10. The molecule has 0 saturated heterocycles. The number of rotatable bonds is 6. The normalized spacial score (nSPS) is 11.6. The lowest BCUT2D eigenvalue weighted by atomic mass is 9.95. The molecule has 258 valence electrons. The monoisotopic (exact) mass is 703 g/mol. The van der Waals surface area contributed by atoms with Gasteiger partial charge in [0, 0.05) is 38.5 Å². The lowest BCUT2D eigenvalue weighted by Gasteiger charge is -2.26. The summed E-state index contributed by atoms with van der Waals surface area (Å²) in [6, 6.07) is 70.8. The maximum Gasteiger partial charge on any atom is 0.143 e. The number of nitrogens with zero attached hydrogens (tertiary/aromatic N) is 1. The zero-order valence-corrected chi connectivity index (χ0v) is 29.8. The van der Waals surface area contributed by atoms with Gasteiger partial charge in [-0.05, 0) is 81.7 Å². The van der Waals surface area contributed by atoms with Crippen LogP contribution in [0.15, 0.2) is 209 Å². The van der Waals surface area contributed by atoms with Crippen molar-refractivity contribution >= 4 is 71.7 Å². The molecule has 3 heteroatoms. The third kappa shape index (κ3) is 5.13. The van der Waals surface area contributed by atoms with Gasteiger partial charge in [0.15, 0.2) is 0 Å². The van der Waals surface area contributed by atoms with Crippen LogP contribution in [0.25, 0.3) is 88.0 Å². The first kappa shape index (κ1) is 31.2. The van der Waals surface area contributed by atoms with E-state index in [4.69, 9.17) is 8.83 Å². The van der Waals surface area contributed by atoms with Crippen molar-refractivity contribution < 1.29 is 8.83 Å². The average molecular weight is 704 g/mol. The molecule has 3 nitrogen and oxygen atoms in total. The van der Waals surface area contributed by atoms with Gasteiger partial charge in [-0.2, -0.15) is 0 Å². The number of benzene rings is 9. The minimum Gasteiger partial charge on any atom is -0.456 e. The zero-order valence-electron chi connectivity index (χ0n) is 29.8. The Hall–Kier alpha value is -7.36. The summed E-state index contributed by atoms with van der Waals surface area (Å²) in [5.41, 5.74) is 13.6. The number of hydrogen-bond donors (Lipinski definition) is 0. The highest BCUT2D eigenvalue weighted by atomic mass is 16.3. The van der Waals surface area contributed by atoms with Crippen molar-refractivity contribution in [2.45, 2.75) is 0 Å². The van der Waals surface area contributed by atoms with E-state index in [2.05, 4.69) is 193 Å². The first-order chi connectivity index (χ1) is 27.3. The molecule has 0 N–H and O–H groups in total. The van der Waals surface area contributed by atoms with Crippen LogP contribution in [0.3, 0.4) is 0 Å². The summed E-state index contributed by atoms with van der Waals surface area (Å²) >= 11 is 0. The molecule has 0 fully saturated rings. The zero-order chi connectivity index (χ0) is 36.3. The third-order valence-electron chi connectivity index (χ3n) is 10.9. The first-order valence-corrected chi connectivity index (χ1v) is 18.7. The van der Waals surface area contributed by atoms with Crippen LogP contribution in [0.2, 0.25) is 0 Å². The van der Waals surface area contributed by atoms with Crippen molar-refractivity contribution in [3.8, 4) is 33.4 Å². The quantitative estimate of drug-likeness (QED) is 0.173. The Bertz CT molecular complexity index is 3180. The standard InChI is InChI=1S/C52H33NO2/c1-3-13-34(14-4-1)35-25-29-38(30-26-35)53(47-22-12-24-49-50(47)44-19-9-10-23-48(44)54-49)39-31-27-37(28-32-39)40-20-11-21-43-46-33-45(36-15-5-2-6-16-36)41-17-7-8-18-42(41)52(46)55-51(40)43/h1-33H. The van der Waals surface area contributed by atoms with E-state index in [1.54, 1.807) is 0 Å². The van der Waals surface area contributed by atoms with Gasteiger partial charge in [-0.15, -0.1) is 0 Å². The molecule has 0 radical (unpaired) electrons. The average Bonchev–Trinajstić information content (AvgIpc) is 3.84. The summed E-state index contributed by atoms with van der Waals surface area (Å²) in [6.45, 7) is 0. The maximum atomic E-state index is 6.87. The molecule has 0 spiro atoms. The highest BCUT2D eigenvalue weighted by molar-refractivity contribution is 6.21. The molecule has 0 aliphatic rings. The molecular formula is C52H33NO2. The van der Waals surface area contributed by atoms with Gasteiger partial charge >= 0.3 is 0 Å². The van der Waals surface area contributed by atoms with Crippen molar-refractivity contribution in [3.05, 3.63) is 200 Å². The number of anilines is 3. The van der Waals surface area contributed by atoms with E-state index in [-0.39, 0.29) is 0 Å². The van der Waals surface area contributed by atoms with Crippen LogP contribution in [-0.4, -0.2) is 0 Å². The van der Waals surface area contributed by atoms with Gasteiger partial charge in [-0.1, -0.05) is 152 Å². The molecule has 11 aromatic rings. The third-order valence-corrected chi connectivity index (χ3v) is 10.9. The Balaban J connectivity index is 1.06. The predicted molar refractivity (Wildman–Crippen MR) is 229 cm³/mol. The first-order valence-electron chi connectivity index (χ1n) is 18.7. The van der Waals surface area contributed by atoms with Gasteiger partial charge in [0.25, 0.3) is 0 Å². The highest BCUT2D eigenvalue weighted by Crippen LogP contribution is 2.45. The summed E-state index contributed by atoms with van der Waals surface area (Å²) in [5.74, 6) is 0. The second kappa shape index (κ2) is 12.6.